The van der Waals surface area contributed by atoms with Gasteiger partial charge in [-0.25, -0.2) is 0 Å². The van der Waals surface area contributed by atoms with Crippen LogP contribution < -0.4 is 5.73 Å². The molecule has 2 N–H and O–H groups in total. The first kappa shape index (κ1) is 18.4. The first-order valence-corrected chi connectivity index (χ1v) is 9.65. The van der Waals surface area contributed by atoms with Gasteiger partial charge in [0.05, 0.1) is 18.4 Å². The zero-order valence-electron chi connectivity index (χ0n) is 15.7. The van der Waals surface area contributed by atoms with Crippen molar-refractivity contribution in [2.24, 2.45) is 11.7 Å². The number of likely N-dealkylation sites (tertiary alicyclic amines) is 1. The fourth-order valence-corrected chi connectivity index (χ4v) is 3.85. The van der Waals surface area contributed by atoms with Crippen LogP contribution in [0.3, 0.4) is 0 Å². The largest absolute Gasteiger partial charge is 0.369 e. The van der Waals surface area contributed by atoms with Crippen LogP contribution in [0.1, 0.15) is 41.6 Å². The highest BCUT2D eigenvalue weighted by Gasteiger charge is 2.27. The summed E-state index contributed by atoms with van der Waals surface area (Å²) in [5.41, 5.74) is 7.72. The lowest BCUT2D eigenvalue weighted by Crippen LogP contribution is -2.40. The Morgan fingerprint density at radius 3 is 2.36 bits per heavy atom. The molecular weight excluding hydrogens is 352 g/mol. The smallest absolute Gasteiger partial charge is 0.240 e. The molecule has 1 atom stereocenters. The van der Waals surface area contributed by atoms with Crippen molar-refractivity contribution in [3.8, 4) is 0 Å². The van der Waals surface area contributed by atoms with E-state index in [4.69, 9.17) is 15.2 Å². The molecule has 0 saturated carbocycles. The molecule has 4 rings (SSSR count). The lowest BCUT2D eigenvalue weighted by molar-refractivity contribution is -0.123. The molecule has 0 aliphatic carbocycles. The third-order valence-electron chi connectivity index (χ3n) is 5.27. The lowest BCUT2D eigenvalue weighted by atomic mass is 9.91. The van der Waals surface area contributed by atoms with Crippen LogP contribution in [0.5, 0.6) is 0 Å². The molecule has 3 aromatic rings. The van der Waals surface area contributed by atoms with Gasteiger partial charge in [-0.1, -0.05) is 65.8 Å². The molecule has 1 amide bonds. The van der Waals surface area contributed by atoms with E-state index >= 15 is 0 Å². The summed E-state index contributed by atoms with van der Waals surface area (Å²) in [6.07, 6.45) is 1.80. The van der Waals surface area contributed by atoms with Crippen LogP contribution in [-0.4, -0.2) is 34.0 Å². The minimum absolute atomic E-state index is 0.0837. The van der Waals surface area contributed by atoms with Crippen molar-refractivity contribution in [1.82, 2.24) is 15.0 Å². The molecule has 2 aromatic carbocycles. The van der Waals surface area contributed by atoms with E-state index < -0.39 is 0 Å². The first-order chi connectivity index (χ1) is 13.7. The summed E-state index contributed by atoms with van der Waals surface area (Å²) in [7, 11) is 0. The molecule has 0 radical (unpaired) electrons. The Kier molecular flexibility index (Phi) is 5.48. The Bertz CT molecular complexity index is 871. The summed E-state index contributed by atoms with van der Waals surface area (Å²) < 4.78 is 5.57. The number of nitrogens with two attached hydrogens (primary N) is 1. The van der Waals surface area contributed by atoms with E-state index in [0.717, 1.165) is 30.5 Å². The van der Waals surface area contributed by atoms with E-state index in [2.05, 4.69) is 34.3 Å². The lowest BCUT2D eigenvalue weighted by Gasteiger charge is -2.29. The molecule has 0 bridgehead atoms. The van der Waals surface area contributed by atoms with Gasteiger partial charge in [0.2, 0.25) is 11.8 Å². The van der Waals surface area contributed by atoms with Crippen LogP contribution in [0.15, 0.2) is 65.2 Å². The SMILES string of the molecule is NC(=O)[C@@H]1CCCN(Cc2nc(C(c3ccccc3)c3ccccc3)no2)C1. The Morgan fingerprint density at radius 1 is 1.11 bits per heavy atom. The Labute approximate surface area is 164 Å². The molecule has 0 unspecified atom stereocenters. The van der Waals surface area contributed by atoms with Crippen LogP contribution >= 0.6 is 0 Å². The second kappa shape index (κ2) is 8.35. The van der Waals surface area contributed by atoms with Gasteiger partial charge in [-0.3, -0.25) is 9.69 Å². The minimum atomic E-state index is -0.232. The van der Waals surface area contributed by atoms with E-state index in [0.29, 0.717) is 24.8 Å². The Hall–Kier alpha value is -2.99. The minimum Gasteiger partial charge on any atom is -0.369 e. The number of hydrogen-bond acceptors (Lipinski definition) is 5. The highest BCUT2D eigenvalue weighted by molar-refractivity contribution is 5.76. The molecule has 2 heterocycles. The zero-order chi connectivity index (χ0) is 19.3. The molecule has 1 saturated heterocycles. The molecule has 1 aliphatic rings. The van der Waals surface area contributed by atoms with Crippen molar-refractivity contribution < 1.29 is 9.32 Å². The number of carbonyl (C=O) groups is 1. The predicted octanol–water partition coefficient (Wildman–Crippen LogP) is 2.95. The number of aromatic nitrogens is 2. The highest BCUT2D eigenvalue weighted by Crippen LogP contribution is 2.30. The summed E-state index contributed by atoms with van der Waals surface area (Å²) >= 11 is 0. The molecule has 1 aliphatic heterocycles. The predicted molar refractivity (Wildman–Crippen MR) is 105 cm³/mol. The number of nitrogens with zero attached hydrogens (tertiary/aromatic N) is 3. The first-order valence-electron chi connectivity index (χ1n) is 9.65. The van der Waals surface area contributed by atoms with Gasteiger partial charge in [-0.05, 0) is 30.5 Å². The number of benzene rings is 2. The maximum atomic E-state index is 11.5. The van der Waals surface area contributed by atoms with Crippen LogP contribution in [0.4, 0.5) is 0 Å². The van der Waals surface area contributed by atoms with Crippen LogP contribution in [-0.2, 0) is 11.3 Å². The number of primary amides is 1. The van der Waals surface area contributed by atoms with Crippen molar-refractivity contribution in [2.75, 3.05) is 13.1 Å². The van der Waals surface area contributed by atoms with Gasteiger partial charge in [-0.2, -0.15) is 4.98 Å². The van der Waals surface area contributed by atoms with E-state index in [-0.39, 0.29) is 17.7 Å². The maximum absolute atomic E-state index is 11.5. The number of rotatable bonds is 6. The topological polar surface area (TPSA) is 85.3 Å². The number of hydrogen-bond donors (Lipinski definition) is 1. The van der Waals surface area contributed by atoms with Gasteiger partial charge in [0.25, 0.3) is 0 Å². The van der Waals surface area contributed by atoms with Crippen LogP contribution in [0.25, 0.3) is 0 Å². The fourth-order valence-electron chi connectivity index (χ4n) is 3.85. The van der Waals surface area contributed by atoms with Gasteiger partial charge >= 0.3 is 0 Å². The number of piperidine rings is 1. The summed E-state index contributed by atoms with van der Waals surface area (Å²) in [5.74, 6) is 0.800. The second-order valence-corrected chi connectivity index (χ2v) is 7.28. The third kappa shape index (κ3) is 4.12. The van der Waals surface area contributed by atoms with E-state index in [1.807, 2.05) is 36.4 Å². The molecule has 144 valence electrons. The zero-order valence-corrected chi connectivity index (χ0v) is 15.7. The van der Waals surface area contributed by atoms with Crippen molar-refractivity contribution in [3.05, 3.63) is 83.5 Å². The van der Waals surface area contributed by atoms with E-state index in [9.17, 15) is 4.79 Å². The quantitative estimate of drug-likeness (QED) is 0.715. The summed E-state index contributed by atoms with van der Waals surface area (Å²) in [6, 6.07) is 20.4. The molecule has 1 aromatic heterocycles. The molecule has 28 heavy (non-hydrogen) atoms. The Morgan fingerprint density at radius 2 is 1.75 bits per heavy atom. The standard InChI is InChI=1S/C22H24N4O2/c23-21(27)18-12-7-13-26(14-18)15-19-24-22(25-28-19)20(16-8-3-1-4-9-16)17-10-5-2-6-11-17/h1-6,8-11,18,20H,7,12-15H2,(H2,23,27)/t18-/m1/s1. The normalized spacial score (nSPS) is 17.7. The van der Waals surface area contributed by atoms with Gasteiger partial charge in [-0.15, -0.1) is 0 Å². The number of amides is 1. The van der Waals surface area contributed by atoms with Gasteiger partial charge < -0.3 is 10.3 Å². The molecule has 6 heteroatoms. The van der Waals surface area contributed by atoms with E-state index in [1.54, 1.807) is 0 Å². The summed E-state index contributed by atoms with van der Waals surface area (Å²) in [5, 5.41) is 4.28. The van der Waals surface area contributed by atoms with Crippen molar-refractivity contribution in [3.63, 3.8) is 0 Å². The molecule has 6 nitrogen and oxygen atoms in total. The van der Waals surface area contributed by atoms with Crippen molar-refractivity contribution in [2.45, 2.75) is 25.3 Å². The van der Waals surface area contributed by atoms with Crippen molar-refractivity contribution in [1.29, 1.82) is 0 Å². The Balaban J connectivity index is 1.56. The highest BCUT2D eigenvalue weighted by atomic mass is 16.5. The average Bonchev–Trinajstić information content (AvgIpc) is 3.18. The van der Waals surface area contributed by atoms with Crippen LogP contribution in [0, 0.1) is 5.92 Å². The summed E-state index contributed by atoms with van der Waals surface area (Å²) in [6.45, 7) is 2.09. The van der Waals surface area contributed by atoms with Gasteiger partial charge in [0, 0.05) is 6.54 Å². The summed E-state index contributed by atoms with van der Waals surface area (Å²) in [4.78, 5) is 18.4. The van der Waals surface area contributed by atoms with Crippen LogP contribution in [0.2, 0.25) is 0 Å². The maximum Gasteiger partial charge on any atom is 0.240 e. The molecule has 1 fully saturated rings. The second-order valence-electron chi connectivity index (χ2n) is 7.28. The average molecular weight is 376 g/mol. The third-order valence-corrected chi connectivity index (χ3v) is 5.27. The monoisotopic (exact) mass is 376 g/mol. The molecule has 0 spiro atoms. The van der Waals surface area contributed by atoms with Gasteiger partial charge in [0.15, 0.2) is 5.82 Å². The fraction of sp³-hybridized carbons (Fsp3) is 0.318. The number of carbonyl (C=O) groups excluding carboxylic acids is 1. The van der Waals surface area contributed by atoms with Gasteiger partial charge in [0.1, 0.15) is 0 Å². The van der Waals surface area contributed by atoms with Crippen molar-refractivity contribution >= 4 is 5.91 Å². The molecular formula is C22H24N4O2. The van der Waals surface area contributed by atoms with E-state index in [1.165, 1.54) is 0 Å².